The molecule has 0 heterocycles. The second kappa shape index (κ2) is 8.05. The molecule has 0 fully saturated rings. The van der Waals surface area contributed by atoms with E-state index in [0.717, 1.165) is 17.9 Å². The molecule has 0 aliphatic carbocycles. The smallest absolute Gasteiger partial charge is 0.315 e. The summed E-state index contributed by atoms with van der Waals surface area (Å²) in [6, 6.07) is 9.71. The van der Waals surface area contributed by atoms with Gasteiger partial charge in [-0.2, -0.15) is 11.8 Å². The van der Waals surface area contributed by atoms with Crippen LogP contribution in [0.5, 0.6) is 5.75 Å². The van der Waals surface area contributed by atoms with Crippen molar-refractivity contribution in [2.45, 2.75) is 6.42 Å². The summed E-state index contributed by atoms with van der Waals surface area (Å²) in [7, 11) is 1.40. The number of esters is 1. The number of hydrogen-bond donors (Lipinski definition) is 0. The van der Waals surface area contributed by atoms with E-state index in [0.29, 0.717) is 12.4 Å². The second-order valence-corrected chi connectivity index (χ2v) is 4.25. The van der Waals surface area contributed by atoms with Gasteiger partial charge in [0, 0.05) is 0 Å². The van der Waals surface area contributed by atoms with Gasteiger partial charge in [-0.05, 0) is 24.3 Å². The average Bonchev–Trinajstić information content (AvgIpc) is 2.34. The highest BCUT2D eigenvalue weighted by atomic mass is 32.2. The number of para-hydroxylation sites is 1. The van der Waals surface area contributed by atoms with Crippen LogP contribution in [0.4, 0.5) is 0 Å². The molecular weight excluding hydrogens is 224 g/mol. The monoisotopic (exact) mass is 240 g/mol. The van der Waals surface area contributed by atoms with Crippen LogP contribution in [0.25, 0.3) is 0 Å². The zero-order valence-corrected chi connectivity index (χ0v) is 10.2. The van der Waals surface area contributed by atoms with E-state index >= 15 is 0 Å². The van der Waals surface area contributed by atoms with Crippen molar-refractivity contribution in [3.63, 3.8) is 0 Å². The van der Waals surface area contributed by atoms with Crippen LogP contribution in [-0.2, 0) is 9.53 Å². The number of hydrogen-bond acceptors (Lipinski definition) is 4. The van der Waals surface area contributed by atoms with Crippen LogP contribution in [0.15, 0.2) is 30.3 Å². The molecule has 0 radical (unpaired) electrons. The predicted molar refractivity (Wildman–Crippen MR) is 65.9 cm³/mol. The van der Waals surface area contributed by atoms with Gasteiger partial charge in [0.1, 0.15) is 5.75 Å². The van der Waals surface area contributed by atoms with E-state index < -0.39 is 0 Å². The summed E-state index contributed by atoms with van der Waals surface area (Å²) in [5.74, 6) is 2.04. The molecule has 1 aromatic rings. The third-order valence-electron chi connectivity index (χ3n) is 1.89. The minimum absolute atomic E-state index is 0.172. The quantitative estimate of drug-likeness (QED) is 0.541. The molecule has 1 aromatic carbocycles. The molecular formula is C12H16O3S. The molecule has 0 saturated heterocycles. The van der Waals surface area contributed by atoms with E-state index in [-0.39, 0.29) is 5.97 Å². The molecule has 4 heteroatoms. The third-order valence-corrected chi connectivity index (χ3v) is 2.91. The first-order chi connectivity index (χ1) is 7.83. The van der Waals surface area contributed by atoms with Gasteiger partial charge in [-0.3, -0.25) is 4.79 Å². The Morgan fingerprint density at radius 1 is 1.31 bits per heavy atom. The van der Waals surface area contributed by atoms with Gasteiger partial charge < -0.3 is 9.47 Å². The summed E-state index contributed by atoms with van der Waals surface area (Å²) < 4.78 is 10.0. The van der Waals surface area contributed by atoms with Gasteiger partial charge in [-0.1, -0.05) is 18.2 Å². The average molecular weight is 240 g/mol. The molecule has 3 nitrogen and oxygen atoms in total. The lowest BCUT2D eigenvalue weighted by Gasteiger charge is -2.05. The maximum absolute atomic E-state index is 10.8. The minimum atomic E-state index is -0.172. The van der Waals surface area contributed by atoms with Crippen LogP contribution < -0.4 is 4.74 Å². The number of thioether (sulfide) groups is 1. The van der Waals surface area contributed by atoms with Gasteiger partial charge in [-0.25, -0.2) is 0 Å². The van der Waals surface area contributed by atoms with Crippen molar-refractivity contribution in [2.24, 2.45) is 0 Å². The molecule has 0 spiro atoms. The Bertz CT molecular complexity index is 300. The minimum Gasteiger partial charge on any atom is -0.494 e. The van der Waals surface area contributed by atoms with Gasteiger partial charge in [0.15, 0.2) is 0 Å². The predicted octanol–water partition coefficient (Wildman–Crippen LogP) is 2.36. The number of carbonyl (C=O) groups is 1. The normalized spacial score (nSPS) is 9.81. The van der Waals surface area contributed by atoms with E-state index in [2.05, 4.69) is 4.74 Å². The Morgan fingerprint density at radius 3 is 2.75 bits per heavy atom. The largest absolute Gasteiger partial charge is 0.494 e. The number of carbonyl (C=O) groups excluding carboxylic acids is 1. The Labute approximate surface area is 100 Å². The SMILES string of the molecule is COC(=O)CSCCCOc1ccccc1. The van der Waals surface area contributed by atoms with Crippen LogP contribution in [0.1, 0.15) is 6.42 Å². The van der Waals surface area contributed by atoms with Crippen LogP contribution in [0.3, 0.4) is 0 Å². The molecule has 0 N–H and O–H groups in total. The van der Waals surface area contributed by atoms with Gasteiger partial charge in [0.25, 0.3) is 0 Å². The summed E-state index contributed by atoms with van der Waals surface area (Å²) in [5.41, 5.74) is 0. The standard InChI is InChI=1S/C12H16O3S/c1-14-12(13)10-16-9-5-8-15-11-6-3-2-4-7-11/h2-4,6-7H,5,8-10H2,1H3. The highest BCUT2D eigenvalue weighted by molar-refractivity contribution is 7.99. The molecule has 88 valence electrons. The van der Waals surface area contributed by atoms with E-state index in [1.807, 2.05) is 30.3 Å². The maximum Gasteiger partial charge on any atom is 0.315 e. The maximum atomic E-state index is 10.8. The summed E-state index contributed by atoms with van der Waals surface area (Å²) in [6.07, 6.45) is 0.927. The highest BCUT2D eigenvalue weighted by Gasteiger charge is 1.99. The van der Waals surface area contributed by atoms with Gasteiger partial charge >= 0.3 is 5.97 Å². The molecule has 0 saturated carbocycles. The highest BCUT2D eigenvalue weighted by Crippen LogP contribution is 2.09. The molecule has 0 aromatic heterocycles. The lowest BCUT2D eigenvalue weighted by Crippen LogP contribution is -2.05. The van der Waals surface area contributed by atoms with Crippen LogP contribution in [-0.4, -0.2) is 31.2 Å². The molecule has 0 bridgehead atoms. The van der Waals surface area contributed by atoms with Crippen molar-refractivity contribution in [3.8, 4) is 5.75 Å². The van der Waals surface area contributed by atoms with Crippen molar-refractivity contribution >= 4 is 17.7 Å². The first-order valence-corrected chi connectivity index (χ1v) is 6.31. The number of ether oxygens (including phenoxy) is 2. The molecule has 16 heavy (non-hydrogen) atoms. The summed E-state index contributed by atoms with van der Waals surface area (Å²) in [5, 5.41) is 0. The van der Waals surface area contributed by atoms with Crippen molar-refractivity contribution in [2.75, 3.05) is 25.2 Å². The molecule has 1 rings (SSSR count). The van der Waals surface area contributed by atoms with Crippen molar-refractivity contribution in [1.29, 1.82) is 0 Å². The number of benzene rings is 1. The van der Waals surface area contributed by atoms with Crippen LogP contribution >= 0.6 is 11.8 Å². The Hall–Kier alpha value is -1.16. The van der Waals surface area contributed by atoms with E-state index in [4.69, 9.17) is 4.74 Å². The van der Waals surface area contributed by atoms with Crippen LogP contribution in [0.2, 0.25) is 0 Å². The van der Waals surface area contributed by atoms with E-state index in [1.165, 1.54) is 7.11 Å². The summed E-state index contributed by atoms with van der Waals surface area (Å²) >= 11 is 1.57. The van der Waals surface area contributed by atoms with Crippen molar-refractivity contribution < 1.29 is 14.3 Å². The topological polar surface area (TPSA) is 35.5 Å². The Balaban J connectivity index is 1.98. The van der Waals surface area contributed by atoms with E-state index in [1.54, 1.807) is 11.8 Å². The fourth-order valence-electron chi connectivity index (χ4n) is 1.08. The molecule has 0 amide bonds. The summed E-state index contributed by atoms with van der Waals surface area (Å²) in [4.78, 5) is 10.8. The number of methoxy groups -OCH3 is 1. The molecule has 0 aliphatic heterocycles. The van der Waals surface area contributed by atoms with Crippen LogP contribution in [0, 0.1) is 0 Å². The molecule has 0 aliphatic rings. The molecule has 0 atom stereocenters. The van der Waals surface area contributed by atoms with E-state index in [9.17, 15) is 4.79 Å². The lowest BCUT2D eigenvalue weighted by molar-refractivity contribution is -0.137. The van der Waals surface area contributed by atoms with Gasteiger partial charge in [-0.15, -0.1) is 0 Å². The summed E-state index contributed by atoms with van der Waals surface area (Å²) in [6.45, 7) is 0.679. The Morgan fingerprint density at radius 2 is 2.06 bits per heavy atom. The fraction of sp³-hybridized carbons (Fsp3) is 0.417. The lowest BCUT2D eigenvalue weighted by atomic mass is 10.3. The zero-order chi connectivity index (χ0) is 11.6. The van der Waals surface area contributed by atoms with Crippen molar-refractivity contribution in [3.05, 3.63) is 30.3 Å². The number of rotatable bonds is 7. The first-order valence-electron chi connectivity index (χ1n) is 5.15. The molecule has 0 unspecified atom stereocenters. The van der Waals surface area contributed by atoms with Gasteiger partial charge in [0.05, 0.1) is 19.5 Å². The zero-order valence-electron chi connectivity index (χ0n) is 9.35. The fourth-order valence-corrected chi connectivity index (χ4v) is 1.83. The van der Waals surface area contributed by atoms with Gasteiger partial charge in [0.2, 0.25) is 0 Å². The van der Waals surface area contributed by atoms with Crippen molar-refractivity contribution in [1.82, 2.24) is 0 Å². The second-order valence-electron chi connectivity index (χ2n) is 3.14. The third kappa shape index (κ3) is 5.66. The first kappa shape index (κ1) is 12.9. The Kier molecular flexibility index (Phi) is 6.49.